The molecular weight excluding hydrogens is 268 g/mol. The lowest BCUT2D eigenvalue weighted by atomic mass is 9.96. The Balaban J connectivity index is 1.44. The Morgan fingerprint density at radius 2 is 2.33 bits per heavy atom. The van der Waals surface area contributed by atoms with Gasteiger partial charge >= 0.3 is 0 Å². The molecule has 1 aromatic carbocycles. The molecule has 2 aromatic rings. The van der Waals surface area contributed by atoms with Crippen LogP contribution in [-0.2, 0) is 17.8 Å². The summed E-state index contributed by atoms with van der Waals surface area (Å²) in [6, 6.07) is 7.88. The van der Waals surface area contributed by atoms with Crippen LogP contribution in [0.15, 0.2) is 36.9 Å². The zero-order chi connectivity index (χ0) is 14.5. The third-order valence-corrected chi connectivity index (χ3v) is 3.58. The van der Waals surface area contributed by atoms with E-state index in [1.165, 1.54) is 6.33 Å². The largest absolute Gasteiger partial charge is 0.492 e. The second kappa shape index (κ2) is 6.39. The number of carbonyl (C=O) groups is 1. The van der Waals surface area contributed by atoms with Crippen LogP contribution in [-0.4, -0.2) is 33.8 Å². The Morgan fingerprint density at radius 1 is 1.43 bits per heavy atom. The van der Waals surface area contributed by atoms with E-state index >= 15 is 0 Å². The molecule has 6 heteroatoms. The van der Waals surface area contributed by atoms with E-state index in [4.69, 9.17) is 4.74 Å². The predicted octanol–water partition coefficient (Wildman–Crippen LogP) is 1.04. The summed E-state index contributed by atoms with van der Waals surface area (Å²) in [6.45, 7) is 1.84. The van der Waals surface area contributed by atoms with Gasteiger partial charge < -0.3 is 10.1 Å². The molecule has 1 N–H and O–H groups in total. The van der Waals surface area contributed by atoms with Crippen LogP contribution >= 0.6 is 0 Å². The van der Waals surface area contributed by atoms with E-state index in [0.717, 1.165) is 30.7 Å². The van der Waals surface area contributed by atoms with Crippen LogP contribution in [0.1, 0.15) is 12.0 Å². The fraction of sp³-hybridized carbons (Fsp3) is 0.400. The summed E-state index contributed by atoms with van der Waals surface area (Å²) in [5.74, 6) is 0.849. The highest BCUT2D eigenvalue weighted by Crippen LogP contribution is 2.26. The second-order valence-corrected chi connectivity index (χ2v) is 5.12. The SMILES string of the molecule is O=C(NCCCn1cncn1)[C@@H]1COc2ccccc2C1. The number of hydrogen-bond donors (Lipinski definition) is 1. The van der Waals surface area contributed by atoms with Gasteiger partial charge in [0.05, 0.1) is 5.92 Å². The standard InChI is InChI=1S/C15H18N4O2/c20-15(17-6-3-7-19-11-16-10-18-19)13-8-12-4-1-2-5-14(12)21-9-13/h1-2,4-5,10-11,13H,3,6-9H2,(H,17,20)/t13-/m0/s1. The van der Waals surface area contributed by atoms with Crippen molar-refractivity contribution in [1.29, 1.82) is 0 Å². The van der Waals surface area contributed by atoms with Gasteiger partial charge in [-0.15, -0.1) is 0 Å². The Morgan fingerprint density at radius 3 is 3.19 bits per heavy atom. The van der Waals surface area contributed by atoms with E-state index < -0.39 is 0 Å². The van der Waals surface area contributed by atoms with Crippen molar-refractivity contribution in [3.8, 4) is 5.75 Å². The zero-order valence-corrected chi connectivity index (χ0v) is 11.7. The first-order valence-corrected chi connectivity index (χ1v) is 7.14. The lowest BCUT2D eigenvalue weighted by Gasteiger charge is -2.24. The van der Waals surface area contributed by atoms with Crippen LogP contribution in [0.5, 0.6) is 5.75 Å². The Labute approximate surface area is 123 Å². The first-order valence-electron chi connectivity index (χ1n) is 7.14. The Hall–Kier alpha value is -2.37. The number of carbonyl (C=O) groups excluding carboxylic acids is 1. The minimum absolute atomic E-state index is 0.0584. The number of aromatic nitrogens is 3. The smallest absolute Gasteiger partial charge is 0.226 e. The molecule has 0 unspecified atom stereocenters. The molecule has 110 valence electrons. The zero-order valence-electron chi connectivity index (χ0n) is 11.7. The van der Waals surface area contributed by atoms with E-state index in [1.807, 2.05) is 24.3 Å². The van der Waals surface area contributed by atoms with Crippen molar-refractivity contribution < 1.29 is 9.53 Å². The maximum atomic E-state index is 12.1. The lowest BCUT2D eigenvalue weighted by Crippen LogP contribution is -2.38. The monoisotopic (exact) mass is 286 g/mol. The maximum absolute atomic E-state index is 12.1. The molecule has 21 heavy (non-hydrogen) atoms. The molecular formula is C15H18N4O2. The summed E-state index contributed by atoms with van der Waals surface area (Å²) < 4.78 is 7.40. The fourth-order valence-corrected chi connectivity index (χ4v) is 2.44. The van der Waals surface area contributed by atoms with E-state index in [2.05, 4.69) is 15.4 Å². The molecule has 3 rings (SSSR count). The van der Waals surface area contributed by atoms with Gasteiger partial charge in [0.1, 0.15) is 25.0 Å². The van der Waals surface area contributed by atoms with Crippen molar-refractivity contribution in [3.05, 3.63) is 42.5 Å². The van der Waals surface area contributed by atoms with Crippen molar-refractivity contribution in [3.63, 3.8) is 0 Å². The first kappa shape index (κ1) is 13.6. The van der Waals surface area contributed by atoms with Crippen molar-refractivity contribution in [2.45, 2.75) is 19.4 Å². The Bertz CT molecular complexity index is 597. The normalized spacial score (nSPS) is 16.9. The first-order chi connectivity index (χ1) is 10.3. The second-order valence-electron chi connectivity index (χ2n) is 5.12. The summed E-state index contributed by atoms with van der Waals surface area (Å²) in [5, 5.41) is 6.99. The summed E-state index contributed by atoms with van der Waals surface area (Å²) in [6.07, 6.45) is 4.76. The van der Waals surface area contributed by atoms with Crippen LogP contribution in [0.3, 0.4) is 0 Å². The third kappa shape index (κ3) is 3.39. The summed E-state index contributed by atoms with van der Waals surface area (Å²) >= 11 is 0. The number of benzene rings is 1. The van der Waals surface area contributed by atoms with Gasteiger partial charge in [0.25, 0.3) is 0 Å². The quantitative estimate of drug-likeness (QED) is 0.834. The fourth-order valence-electron chi connectivity index (χ4n) is 2.44. The minimum Gasteiger partial charge on any atom is -0.492 e. The highest BCUT2D eigenvalue weighted by molar-refractivity contribution is 5.79. The van der Waals surface area contributed by atoms with E-state index in [1.54, 1.807) is 11.0 Å². The van der Waals surface area contributed by atoms with Crippen LogP contribution in [0.25, 0.3) is 0 Å². The number of nitrogens with zero attached hydrogens (tertiary/aromatic N) is 3. The average molecular weight is 286 g/mol. The van der Waals surface area contributed by atoms with Gasteiger partial charge in [0, 0.05) is 13.1 Å². The highest BCUT2D eigenvalue weighted by atomic mass is 16.5. The molecule has 0 bridgehead atoms. The van der Waals surface area contributed by atoms with E-state index in [-0.39, 0.29) is 11.8 Å². The van der Waals surface area contributed by atoms with E-state index in [0.29, 0.717) is 13.2 Å². The number of rotatable bonds is 5. The molecule has 1 aliphatic heterocycles. The lowest BCUT2D eigenvalue weighted by molar-refractivity contribution is -0.126. The molecule has 0 aliphatic carbocycles. The Kier molecular flexibility index (Phi) is 4.14. The van der Waals surface area contributed by atoms with E-state index in [9.17, 15) is 4.79 Å². The van der Waals surface area contributed by atoms with Gasteiger partial charge in [0.2, 0.25) is 5.91 Å². The third-order valence-electron chi connectivity index (χ3n) is 3.58. The minimum atomic E-state index is -0.105. The number of nitrogens with one attached hydrogen (secondary N) is 1. The van der Waals surface area contributed by atoms with Gasteiger partial charge in [-0.2, -0.15) is 5.10 Å². The molecule has 1 amide bonds. The number of fused-ring (bicyclic) bond motifs is 1. The van der Waals surface area contributed by atoms with Crippen molar-refractivity contribution in [1.82, 2.24) is 20.1 Å². The molecule has 1 aromatic heterocycles. The van der Waals surface area contributed by atoms with Crippen LogP contribution in [0.4, 0.5) is 0 Å². The van der Waals surface area contributed by atoms with Crippen LogP contribution < -0.4 is 10.1 Å². The highest BCUT2D eigenvalue weighted by Gasteiger charge is 2.25. The van der Waals surface area contributed by atoms with Gasteiger partial charge in [-0.25, -0.2) is 4.98 Å². The molecule has 6 nitrogen and oxygen atoms in total. The van der Waals surface area contributed by atoms with Crippen molar-refractivity contribution in [2.24, 2.45) is 5.92 Å². The topological polar surface area (TPSA) is 69.0 Å². The van der Waals surface area contributed by atoms with Gasteiger partial charge in [-0.3, -0.25) is 9.48 Å². The number of para-hydroxylation sites is 1. The van der Waals surface area contributed by atoms with Crippen molar-refractivity contribution in [2.75, 3.05) is 13.2 Å². The summed E-state index contributed by atoms with van der Waals surface area (Å²) in [5.41, 5.74) is 1.10. The number of aryl methyl sites for hydroxylation is 1. The molecule has 0 fully saturated rings. The molecule has 0 saturated carbocycles. The maximum Gasteiger partial charge on any atom is 0.226 e. The molecule has 2 heterocycles. The number of ether oxygens (including phenoxy) is 1. The summed E-state index contributed by atoms with van der Waals surface area (Å²) in [4.78, 5) is 16.0. The predicted molar refractivity (Wildman–Crippen MR) is 76.8 cm³/mol. The van der Waals surface area contributed by atoms with Gasteiger partial charge in [0.15, 0.2) is 0 Å². The average Bonchev–Trinajstić information content (AvgIpc) is 3.04. The van der Waals surface area contributed by atoms with Crippen LogP contribution in [0, 0.1) is 5.92 Å². The number of hydrogen-bond acceptors (Lipinski definition) is 4. The molecule has 1 aliphatic rings. The van der Waals surface area contributed by atoms with Crippen molar-refractivity contribution >= 4 is 5.91 Å². The molecule has 0 radical (unpaired) electrons. The van der Waals surface area contributed by atoms with Gasteiger partial charge in [-0.05, 0) is 24.5 Å². The number of amides is 1. The van der Waals surface area contributed by atoms with Gasteiger partial charge in [-0.1, -0.05) is 18.2 Å². The molecule has 0 spiro atoms. The molecule has 0 saturated heterocycles. The summed E-state index contributed by atoms with van der Waals surface area (Å²) in [7, 11) is 0. The molecule has 1 atom stereocenters. The van der Waals surface area contributed by atoms with Crippen LogP contribution in [0.2, 0.25) is 0 Å².